The summed E-state index contributed by atoms with van der Waals surface area (Å²) in [5.41, 5.74) is 0. The maximum Gasteiger partial charge on any atom is 0.115 e. The van der Waals surface area contributed by atoms with Gasteiger partial charge in [-0.1, -0.05) is 69.6 Å². The molecule has 0 saturated heterocycles. The van der Waals surface area contributed by atoms with Gasteiger partial charge in [-0.3, -0.25) is 0 Å². The van der Waals surface area contributed by atoms with E-state index in [2.05, 4.69) is 43.9 Å². The molecule has 0 spiro atoms. The predicted octanol–water partition coefficient (Wildman–Crippen LogP) is 5.65. The van der Waals surface area contributed by atoms with E-state index in [0.717, 1.165) is 31.1 Å². The zero-order valence-electron chi connectivity index (χ0n) is 14.6. The third-order valence-corrected chi connectivity index (χ3v) is 4.37. The van der Waals surface area contributed by atoms with Crippen LogP contribution in [0.1, 0.15) is 78.1 Å². The smallest absolute Gasteiger partial charge is 0.115 e. The van der Waals surface area contributed by atoms with Crippen molar-refractivity contribution in [2.75, 3.05) is 0 Å². The summed E-state index contributed by atoms with van der Waals surface area (Å²) in [6.07, 6.45) is 20.3. The number of aliphatic hydroxyl groups excluding tert-OH is 1. The standard InChI is InChI=1S/C21H34O/c1-3-5-7-8-11-14-19-18-20(19)15-12-9-13-17-21(22)16-10-6-4-2/h8-9,11-12,19-22H,3-7,10,14-16,18H2,1-2H3/b11-8-,12-9-/t19-,20-,21-/m1/s1. The van der Waals surface area contributed by atoms with E-state index in [-0.39, 0.29) is 0 Å². The summed E-state index contributed by atoms with van der Waals surface area (Å²) in [6.45, 7) is 4.41. The average molecular weight is 303 g/mol. The van der Waals surface area contributed by atoms with E-state index in [1.54, 1.807) is 0 Å². The lowest BCUT2D eigenvalue weighted by atomic mass is 10.1. The molecule has 1 aliphatic rings. The minimum atomic E-state index is -0.446. The van der Waals surface area contributed by atoms with Crippen LogP contribution in [0.15, 0.2) is 24.3 Å². The molecule has 0 aromatic carbocycles. The molecule has 0 aromatic heterocycles. The Hall–Kier alpha value is -1.00. The van der Waals surface area contributed by atoms with E-state index in [9.17, 15) is 5.11 Å². The van der Waals surface area contributed by atoms with Crippen LogP contribution in [0.25, 0.3) is 0 Å². The number of hydrogen-bond donors (Lipinski definition) is 1. The Balaban J connectivity index is 2.04. The first-order valence-electron chi connectivity index (χ1n) is 9.27. The summed E-state index contributed by atoms with van der Waals surface area (Å²) in [4.78, 5) is 0. The summed E-state index contributed by atoms with van der Waals surface area (Å²) in [7, 11) is 0. The highest BCUT2D eigenvalue weighted by Gasteiger charge is 2.34. The fourth-order valence-electron chi connectivity index (χ4n) is 2.70. The molecule has 0 bridgehead atoms. The van der Waals surface area contributed by atoms with Gasteiger partial charge < -0.3 is 5.11 Å². The second-order valence-electron chi connectivity index (χ2n) is 6.54. The molecule has 1 N–H and O–H groups in total. The molecule has 0 heterocycles. The Labute approximate surface area is 137 Å². The van der Waals surface area contributed by atoms with Crippen LogP contribution >= 0.6 is 0 Å². The van der Waals surface area contributed by atoms with Crippen molar-refractivity contribution in [3.8, 4) is 11.8 Å². The summed E-state index contributed by atoms with van der Waals surface area (Å²) >= 11 is 0. The Morgan fingerprint density at radius 2 is 1.73 bits per heavy atom. The zero-order chi connectivity index (χ0) is 16.0. The summed E-state index contributed by atoms with van der Waals surface area (Å²) < 4.78 is 0. The predicted molar refractivity (Wildman–Crippen MR) is 96.6 cm³/mol. The topological polar surface area (TPSA) is 20.2 Å². The van der Waals surface area contributed by atoms with Crippen LogP contribution in [0, 0.1) is 23.7 Å². The average Bonchev–Trinajstić information content (AvgIpc) is 3.25. The molecule has 0 aliphatic heterocycles. The normalized spacial score (nSPS) is 22.0. The lowest BCUT2D eigenvalue weighted by Gasteiger charge is -2.00. The van der Waals surface area contributed by atoms with Gasteiger partial charge in [0.25, 0.3) is 0 Å². The molecular weight excluding hydrogens is 268 g/mol. The van der Waals surface area contributed by atoms with Crippen LogP contribution in [0.4, 0.5) is 0 Å². The zero-order valence-corrected chi connectivity index (χ0v) is 14.6. The highest BCUT2D eigenvalue weighted by atomic mass is 16.3. The van der Waals surface area contributed by atoms with Gasteiger partial charge in [0.15, 0.2) is 0 Å². The summed E-state index contributed by atoms with van der Waals surface area (Å²) in [5, 5.41) is 9.68. The minimum Gasteiger partial charge on any atom is -0.380 e. The van der Waals surface area contributed by atoms with Crippen LogP contribution in [0.5, 0.6) is 0 Å². The van der Waals surface area contributed by atoms with E-state index >= 15 is 0 Å². The minimum absolute atomic E-state index is 0.446. The van der Waals surface area contributed by atoms with Crippen molar-refractivity contribution in [2.45, 2.75) is 84.2 Å². The summed E-state index contributed by atoms with van der Waals surface area (Å²) in [6, 6.07) is 0. The molecule has 1 fully saturated rings. The molecule has 1 rings (SSSR count). The van der Waals surface area contributed by atoms with E-state index in [0.29, 0.717) is 0 Å². The van der Waals surface area contributed by atoms with Crippen LogP contribution in [-0.4, -0.2) is 11.2 Å². The molecule has 0 aromatic rings. The van der Waals surface area contributed by atoms with Crippen LogP contribution < -0.4 is 0 Å². The van der Waals surface area contributed by atoms with Gasteiger partial charge in [-0.05, 0) is 56.4 Å². The van der Waals surface area contributed by atoms with Gasteiger partial charge in [0, 0.05) is 0 Å². The first-order valence-corrected chi connectivity index (χ1v) is 9.27. The lowest BCUT2D eigenvalue weighted by Crippen LogP contribution is -2.01. The van der Waals surface area contributed by atoms with Gasteiger partial charge in [0.05, 0.1) is 0 Å². The van der Waals surface area contributed by atoms with E-state index in [4.69, 9.17) is 0 Å². The molecule has 0 unspecified atom stereocenters. The quantitative estimate of drug-likeness (QED) is 0.297. The molecule has 1 saturated carbocycles. The Morgan fingerprint density at radius 1 is 1.00 bits per heavy atom. The van der Waals surface area contributed by atoms with Crippen LogP contribution in [0.2, 0.25) is 0 Å². The largest absolute Gasteiger partial charge is 0.380 e. The SMILES string of the molecule is CCCC/C=C\C[C@@H]1C[C@H]1C/C=C\C#C[C@H](O)CCCCC. The Bertz CT molecular complexity index is 382. The molecular formula is C21H34O. The van der Waals surface area contributed by atoms with E-state index in [1.807, 2.05) is 6.08 Å². The highest BCUT2D eigenvalue weighted by Crippen LogP contribution is 2.44. The molecule has 0 radical (unpaired) electrons. The maximum absolute atomic E-state index is 9.68. The first-order chi connectivity index (χ1) is 10.8. The van der Waals surface area contributed by atoms with E-state index < -0.39 is 6.10 Å². The number of hydrogen-bond acceptors (Lipinski definition) is 1. The number of unbranched alkanes of at least 4 members (excludes halogenated alkanes) is 4. The van der Waals surface area contributed by atoms with Gasteiger partial charge in [0.1, 0.15) is 6.10 Å². The van der Waals surface area contributed by atoms with Crippen LogP contribution in [-0.2, 0) is 0 Å². The summed E-state index contributed by atoms with van der Waals surface area (Å²) in [5.74, 6) is 7.65. The van der Waals surface area contributed by atoms with Crippen molar-refractivity contribution in [3.05, 3.63) is 24.3 Å². The fourth-order valence-corrected chi connectivity index (χ4v) is 2.70. The van der Waals surface area contributed by atoms with Crippen molar-refractivity contribution in [2.24, 2.45) is 11.8 Å². The Morgan fingerprint density at radius 3 is 2.45 bits per heavy atom. The fraction of sp³-hybridized carbons (Fsp3) is 0.714. The molecule has 1 heteroatoms. The number of allylic oxidation sites excluding steroid dienone is 4. The van der Waals surface area contributed by atoms with Crippen molar-refractivity contribution >= 4 is 0 Å². The number of aliphatic hydroxyl groups is 1. The first kappa shape index (κ1) is 19.0. The third-order valence-electron chi connectivity index (χ3n) is 4.37. The van der Waals surface area contributed by atoms with Gasteiger partial charge in [-0.2, -0.15) is 0 Å². The Kier molecular flexibility index (Phi) is 10.9. The highest BCUT2D eigenvalue weighted by molar-refractivity contribution is 5.18. The molecule has 1 nitrogen and oxygen atoms in total. The van der Waals surface area contributed by atoms with Gasteiger partial charge in [0.2, 0.25) is 0 Å². The monoisotopic (exact) mass is 302 g/mol. The van der Waals surface area contributed by atoms with Gasteiger partial charge in [-0.15, -0.1) is 0 Å². The van der Waals surface area contributed by atoms with Crippen molar-refractivity contribution < 1.29 is 5.11 Å². The maximum atomic E-state index is 9.68. The third kappa shape index (κ3) is 9.85. The molecule has 0 amide bonds. The molecule has 22 heavy (non-hydrogen) atoms. The van der Waals surface area contributed by atoms with Crippen molar-refractivity contribution in [1.29, 1.82) is 0 Å². The second-order valence-corrected chi connectivity index (χ2v) is 6.54. The van der Waals surface area contributed by atoms with Crippen LogP contribution in [0.3, 0.4) is 0 Å². The molecule has 124 valence electrons. The van der Waals surface area contributed by atoms with Gasteiger partial charge in [-0.25, -0.2) is 0 Å². The molecule has 3 atom stereocenters. The van der Waals surface area contributed by atoms with Gasteiger partial charge >= 0.3 is 0 Å². The number of rotatable bonds is 11. The van der Waals surface area contributed by atoms with Crippen molar-refractivity contribution in [1.82, 2.24) is 0 Å². The molecule has 1 aliphatic carbocycles. The lowest BCUT2D eigenvalue weighted by molar-refractivity contribution is 0.217. The second kappa shape index (κ2) is 12.5. The van der Waals surface area contributed by atoms with E-state index in [1.165, 1.54) is 44.9 Å². The van der Waals surface area contributed by atoms with Crippen molar-refractivity contribution in [3.63, 3.8) is 0 Å².